The van der Waals surface area contributed by atoms with Crippen LogP contribution in [-0.2, 0) is 0 Å². The lowest BCUT2D eigenvalue weighted by Crippen LogP contribution is -2.01. The third-order valence-electron chi connectivity index (χ3n) is 3.67. The molecule has 4 aromatic carbocycles. The highest BCUT2D eigenvalue weighted by Crippen LogP contribution is 2.09. The molecule has 4 rings (SSSR count). The summed E-state index contributed by atoms with van der Waals surface area (Å²) in [5, 5.41) is 5.59. The van der Waals surface area contributed by atoms with Crippen LogP contribution < -0.4 is 21.2 Å². The minimum Gasteiger partial charge on any atom is -0.0622 e. The van der Waals surface area contributed by atoms with Crippen molar-refractivity contribution in [3.8, 4) is 0 Å². The first kappa shape index (κ1) is 18.5. The molecular formula is C24H22P2. The van der Waals surface area contributed by atoms with Crippen LogP contribution in [0.3, 0.4) is 0 Å². The molecule has 0 bridgehead atoms. The summed E-state index contributed by atoms with van der Waals surface area (Å²) in [6.07, 6.45) is 0. The average Bonchev–Trinajstić information content (AvgIpc) is 2.72. The molecule has 0 N–H and O–H groups in total. The van der Waals surface area contributed by atoms with Crippen molar-refractivity contribution in [2.45, 2.75) is 0 Å². The molecule has 0 spiro atoms. The predicted molar refractivity (Wildman–Crippen MR) is 121 cm³/mol. The molecule has 0 saturated heterocycles. The zero-order valence-corrected chi connectivity index (χ0v) is 16.5. The van der Waals surface area contributed by atoms with Gasteiger partial charge in [0.15, 0.2) is 0 Å². The van der Waals surface area contributed by atoms with E-state index in [0.717, 1.165) is 17.2 Å². The van der Waals surface area contributed by atoms with Gasteiger partial charge >= 0.3 is 0 Å². The Morgan fingerprint density at radius 2 is 0.462 bits per heavy atom. The summed E-state index contributed by atoms with van der Waals surface area (Å²) in [6, 6.07) is 42.3. The third-order valence-corrected chi connectivity index (χ3v) is 6.16. The molecule has 0 saturated carbocycles. The van der Waals surface area contributed by atoms with E-state index in [-0.39, 0.29) is 0 Å². The van der Waals surface area contributed by atoms with Crippen molar-refractivity contribution in [3.05, 3.63) is 121 Å². The molecule has 0 amide bonds. The van der Waals surface area contributed by atoms with Gasteiger partial charge in [0.25, 0.3) is 0 Å². The number of hydrogen-bond acceptors (Lipinski definition) is 0. The van der Waals surface area contributed by atoms with E-state index in [9.17, 15) is 0 Å². The van der Waals surface area contributed by atoms with Gasteiger partial charge in [0.05, 0.1) is 0 Å². The monoisotopic (exact) mass is 372 g/mol. The standard InChI is InChI=1S/2C12H11P/c2*1-3-7-11(8-4-1)13-12-9-5-2-6-10-12/h2*1-10,13H. The number of hydrogen-bond donors (Lipinski definition) is 0. The van der Waals surface area contributed by atoms with Gasteiger partial charge in [0, 0.05) is 0 Å². The Hall–Kier alpha value is -2.26. The average molecular weight is 372 g/mol. The highest BCUT2D eigenvalue weighted by molar-refractivity contribution is 7.55. The van der Waals surface area contributed by atoms with Crippen molar-refractivity contribution < 1.29 is 0 Å². The molecule has 0 nitrogen and oxygen atoms in total. The molecule has 0 unspecified atom stereocenters. The van der Waals surface area contributed by atoms with Crippen molar-refractivity contribution >= 4 is 38.4 Å². The summed E-state index contributed by atoms with van der Waals surface area (Å²) >= 11 is 0. The van der Waals surface area contributed by atoms with Crippen LogP contribution in [0, 0.1) is 0 Å². The fourth-order valence-electron chi connectivity index (χ4n) is 2.42. The molecule has 0 radical (unpaired) electrons. The van der Waals surface area contributed by atoms with Crippen LogP contribution in [-0.4, -0.2) is 0 Å². The molecule has 128 valence electrons. The highest BCUT2D eigenvalue weighted by Gasteiger charge is 1.93. The van der Waals surface area contributed by atoms with Gasteiger partial charge in [-0.1, -0.05) is 138 Å². The molecule has 0 heterocycles. The lowest BCUT2D eigenvalue weighted by atomic mass is 10.4. The van der Waals surface area contributed by atoms with Gasteiger partial charge in [-0.05, 0) is 21.2 Å². The van der Waals surface area contributed by atoms with Gasteiger partial charge in [-0.25, -0.2) is 0 Å². The minimum absolute atomic E-state index is 0.777. The quantitative estimate of drug-likeness (QED) is 0.458. The first-order valence-corrected chi connectivity index (χ1v) is 10.6. The van der Waals surface area contributed by atoms with E-state index in [0.29, 0.717) is 0 Å². The van der Waals surface area contributed by atoms with Gasteiger partial charge < -0.3 is 0 Å². The van der Waals surface area contributed by atoms with E-state index < -0.39 is 0 Å². The summed E-state index contributed by atoms with van der Waals surface area (Å²) in [7, 11) is 1.55. The minimum atomic E-state index is 0.777. The Labute approximate surface area is 159 Å². The smallest absolute Gasteiger partial charge is 0.0226 e. The van der Waals surface area contributed by atoms with Crippen molar-refractivity contribution in [1.29, 1.82) is 0 Å². The molecule has 2 heteroatoms. The van der Waals surface area contributed by atoms with Gasteiger partial charge in [-0.3, -0.25) is 0 Å². The zero-order chi connectivity index (χ0) is 17.9. The van der Waals surface area contributed by atoms with Crippen molar-refractivity contribution in [1.82, 2.24) is 0 Å². The second kappa shape index (κ2) is 10.7. The fourth-order valence-corrected chi connectivity index (χ4v) is 4.52. The Kier molecular flexibility index (Phi) is 7.60. The van der Waals surface area contributed by atoms with E-state index in [1.807, 2.05) is 0 Å². The third kappa shape index (κ3) is 6.57. The fraction of sp³-hybridized carbons (Fsp3) is 0. The summed E-state index contributed by atoms with van der Waals surface area (Å²) in [5.41, 5.74) is 0. The largest absolute Gasteiger partial charge is 0.0622 e. The zero-order valence-electron chi connectivity index (χ0n) is 14.5. The normalized spacial score (nSPS) is 9.85. The second-order valence-corrected chi connectivity index (χ2v) is 8.52. The summed E-state index contributed by atoms with van der Waals surface area (Å²) < 4.78 is 0. The Balaban J connectivity index is 0.000000151. The summed E-state index contributed by atoms with van der Waals surface area (Å²) in [5.74, 6) is 0. The van der Waals surface area contributed by atoms with Crippen LogP contribution in [0.2, 0.25) is 0 Å². The van der Waals surface area contributed by atoms with Gasteiger partial charge in [0.1, 0.15) is 0 Å². The first-order chi connectivity index (χ1) is 12.9. The van der Waals surface area contributed by atoms with Crippen LogP contribution in [0.4, 0.5) is 0 Å². The molecule has 0 aromatic heterocycles. The second-order valence-electron chi connectivity index (χ2n) is 5.71. The van der Waals surface area contributed by atoms with Gasteiger partial charge in [0.2, 0.25) is 0 Å². The Bertz CT molecular complexity index is 709. The van der Waals surface area contributed by atoms with Crippen molar-refractivity contribution in [3.63, 3.8) is 0 Å². The van der Waals surface area contributed by atoms with Gasteiger partial charge in [-0.15, -0.1) is 0 Å². The van der Waals surface area contributed by atoms with E-state index >= 15 is 0 Å². The SMILES string of the molecule is c1ccc(Pc2ccccc2)cc1.c1ccc(Pc2ccccc2)cc1. The molecule has 0 atom stereocenters. The lowest BCUT2D eigenvalue weighted by Gasteiger charge is -2.00. The lowest BCUT2D eigenvalue weighted by molar-refractivity contribution is 1.76. The van der Waals surface area contributed by atoms with Gasteiger partial charge in [-0.2, -0.15) is 0 Å². The summed E-state index contributed by atoms with van der Waals surface area (Å²) in [4.78, 5) is 0. The van der Waals surface area contributed by atoms with Crippen LogP contribution in [0.5, 0.6) is 0 Å². The molecule has 0 aliphatic carbocycles. The van der Waals surface area contributed by atoms with E-state index in [1.54, 1.807) is 0 Å². The van der Waals surface area contributed by atoms with Crippen LogP contribution in [0.15, 0.2) is 121 Å². The Morgan fingerprint density at radius 3 is 0.654 bits per heavy atom. The topological polar surface area (TPSA) is 0 Å². The van der Waals surface area contributed by atoms with Crippen molar-refractivity contribution in [2.75, 3.05) is 0 Å². The molecule has 26 heavy (non-hydrogen) atoms. The predicted octanol–water partition coefficient (Wildman–Crippen LogP) is 4.63. The van der Waals surface area contributed by atoms with E-state index in [1.165, 1.54) is 21.2 Å². The number of benzene rings is 4. The summed E-state index contributed by atoms with van der Waals surface area (Å²) in [6.45, 7) is 0. The first-order valence-electron chi connectivity index (χ1n) is 8.64. The Morgan fingerprint density at radius 1 is 0.269 bits per heavy atom. The molecule has 0 aliphatic rings. The number of rotatable bonds is 4. The van der Waals surface area contributed by atoms with Crippen molar-refractivity contribution in [2.24, 2.45) is 0 Å². The van der Waals surface area contributed by atoms with Crippen LogP contribution in [0.1, 0.15) is 0 Å². The van der Waals surface area contributed by atoms with Crippen LogP contribution in [0.25, 0.3) is 0 Å². The molecule has 0 fully saturated rings. The molecular weight excluding hydrogens is 350 g/mol. The maximum atomic E-state index is 2.17. The maximum absolute atomic E-state index is 2.17. The van der Waals surface area contributed by atoms with Crippen LogP contribution >= 0.6 is 17.2 Å². The highest BCUT2D eigenvalue weighted by atomic mass is 31.1. The van der Waals surface area contributed by atoms with E-state index in [4.69, 9.17) is 0 Å². The molecule has 0 aliphatic heterocycles. The van der Waals surface area contributed by atoms with E-state index in [2.05, 4.69) is 121 Å². The maximum Gasteiger partial charge on any atom is -0.0226 e. The molecule has 4 aromatic rings.